The molecule has 2 N–H and O–H groups in total. The molecule has 2 rings (SSSR count). The average Bonchev–Trinajstić information content (AvgIpc) is 2.79. The van der Waals surface area contributed by atoms with Crippen LogP contribution in [0, 0.1) is 13.8 Å². The molecule has 0 saturated carbocycles. The highest BCUT2D eigenvalue weighted by Crippen LogP contribution is 2.26. The van der Waals surface area contributed by atoms with Crippen LogP contribution < -0.4 is 10.9 Å². The van der Waals surface area contributed by atoms with Crippen LogP contribution in [0.3, 0.4) is 0 Å². The molecular formula is C15H20N4O3S2. The first-order valence-electron chi connectivity index (χ1n) is 7.33. The van der Waals surface area contributed by atoms with Gasteiger partial charge in [0, 0.05) is 19.0 Å². The SMILES string of the molecule is Cc1sc2nc(CSCC(=O)NCC(=O)N(C)C)[nH]c(=O)c2c1C. The second kappa shape index (κ2) is 7.80. The number of aryl methyl sites for hydroxylation is 2. The van der Waals surface area contributed by atoms with Gasteiger partial charge in [-0.3, -0.25) is 14.4 Å². The molecule has 7 nitrogen and oxygen atoms in total. The summed E-state index contributed by atoms with van der Waals surface area (Å²) in [6.07, 6.45) is 0. The second-order valence-corrected chi connectivity index (χ2v) is 7.72. The van der Waals surface area contributed by atoms with Gasteiger partial charge in [0.25, 0.3) is 5.56 Å². The number of thioether (sulfide) groups is 1. The third kappa shape index (κ3) is 4.35. The summed E-state index contributed by atoms with van der Waals surface area (Å²) in [7, 11) is 3.27. The number of amides is 2. The number of aromatic nitrogens is 2. The number of carbonyl (C=O) groups is 2. The molecule has 0 saturated heterocycles. The minimum absolute atomic E-state index is 0.0127. The van der Waals surface area contributed by atoms with Crippen molar-refractivity contribution in [3.05, 3.63) is 26.6 Å². The van der Waals surface area contributed by atoms with Gasteiger partial charge in [-0.1, -0.05) is 0 Å². The maximum atomic E-state index is 12.2. The van der Waals surface area contributed by atoms with Crippen molar-refractivity contribution in [1.29, 1.82) is 0 Å². The fraction of sp³-hybridized carbons (Fsp3) is 0.467. The summed E-state index contributed by atoms with van der Waals surface area (Å²) in [6, 6.07) is 0. The Morgan fingerprint density at radius 3 is 2.71 bits per heavy atom. The van der Waals surface area contributed by atoms with E-state index < -0.39 is 0 Å². The fourth-order valence-electron chi connectivity index (χ4n) is 1.99. The molecule has 0 aliphatic rings. The first-order valence-corrected chi connectivity index (χ1v) is 9.30. The molecule has 2 aromatic heterocycles. The Kier molecular flexibility index (Phi) is 6.00. The molecule has 130 valence electrons. The lowest BCUT2D eigenvalue weighted by molar-refractivity contribution is -0.130. The molecule has 0 spiro atoms. The third-order valence-electron chi connectivity index (χ3n) is 3.50. The summed E-state index contributed by atoms with van der Waals surface area (Å²) < 4.78 is 0. The maximum Gasteiger partial charge on any atom is 0.259 e. The van der Waals surface area contributed by atoms with E-state index in [2.05, 4.69) is 15.3 Å². The zero-order chi connectivity index (χ0) is 17.9. The van der Waals surface area contributed by atoms with E-state index >= 15 is 0 Å². The lowest BCUT2D eigenvalue weighted by atomic mass is 10.2. The lowest BCUT2D eigenvalue weighted by Crippen LogP contribution is -2.37. The van der Waals surface area contributed by atoms with Crippen LogP contribution in [0.15, 0.2) is 4.79 Å². The molecule has 0 bridgehead atoms. The topological polar surface area (TPSA) is 95.2 Å². The van der Waals surface area contributed by atoms with Gasteiger partial charge in [0.15, 0.2) is 0 Å². The number of hydrogen-bond donors (Lipinski definition) is 2. The van der Waals surface area contributed by atoms with Gasteiger partial charge in [0.1, 0.15) is 10.7 Å². The second-order valence-electron chi connectivity index (χ2n) is 5.53. The highest BCUT2D eigenvalue weighted by Gasteiger charge is 2.12. The summed E-state index contributed by atoms with van der Waals surface area (Å²) in [6.45, 7) is 3.87. The van der Waals surface area contributed by atoms with E-state index in [-0.39, 0.29) is 29.7 Å². The molecule has 0 aliphatic heterocycles. The van der Waals surface area contributed by atoms with Crippen LogP contribution in [-0.4, -0.2) is 53.1 Å². The van der Waals surface area contributed by atoms with Crippen LogP contribution in [0.5, 0.6) is 0 Å². The smallest absolute Gasteiger partial charge is 0.259 e. The largest absolute Gasteiger partial charge is 0.347 e. The number of rotatable bonds is 6. The number of likely N-dealkylation sites (N-methyl/N-ethyl adjacent to an activating group) is 1. The van der Waals surface area contributed by atoms with Crippen molar-refractivity contribution >= 4 is 45.1 Å². The fourth-order valence-corrected chi connectivity index (χ4v) is 3.76. The van der Waals surface area contributed by atoms with Gasteiger partial charge < -0.3 is 15.2 Å². The van der Waals surface area contributed by atoms with E-state index in [1.807, 2.05) is 13.8 Å². The van der Waals surface area contributed by atoms with Crippen LogP contribution in [0.4, 0.5) is 0 Å². The van der Waals surface area contributed by atoms with Crippen LogP contribution in [-0.2, 0) is 15.3 Å². The van der Waals surface area contributed by atoms with Crippen molar-refractivity contribution < 1.29 is 9.59 Å². The van der Waals surface area contributed by atoms with Gasteiger partial charge in [-0.2, -0.15) is 0 Å². The van der Waals surface area contributed by atoms with E-state index in [1.54, 1.807) is 14.1 Å². The zero-order valence-corrected chi connectivity index (χ0v) is 15.7. The molecule has 0 radical (unpaired) electrons. The van der Waals surface area contributed by atoms with Gasteiger partial charge >= 0.3 is 0 Å². The number of H-pyrrole nitrogens is 1. The molecule has 2 amide bonds. The zero-order valence-electron chi connectivity index (χ0n) is 14.1. The molecule has 2 heterocycles. The molecule has 0 atom stereocenters. The van der Waals surface area contributed by atoms with Crippen molar-refractivity contribution in [2.45, 2.75) is 19.6 Å². The van der Waals surface area contributed by atoms with Crippen LogP contribution >= 0.6 is 23.1 Å². The number of nitrogens with zero attached hydrogens (tertiary/aromatic N) is 2. The number of carbonyl (C=O) groups excluding carboxylic acids is 2. The molecule has 9 heteroatoms. The lowest BCUT2D eigenvalue weighted by Gasteiger charge is -2.10. The number of fused-ring (bicyclic) bond motifs is 1. The van der Waals surface area contributed by atoms with Gasteiger partial charge in [-0.25, -0.2) is 4.98 Å². The summed E-state index contributed by atoms with van der Waals surface area (Å²) in [5, 5.41) is 3.21. The molecule has 24 heavy (non-hydrogen) atoms. The third-order valence-corrected chi connectivity index (χ3v) is 5.54. The molecular weight excluding hydrogens is 348 g/mol. The predicted octanol–water partition coefficient (Wildman–Crippen LogP) is 1.04. The molecule has 0 unspecified atom stereocenters. The van der Waals surface area contributed by atoms with Crippen molar-refractivity contribution in [2.24, 2.45) is 0 Å². The van der Waals surface area contributed by atoms with E-state index in [4.69, 9.17) is 0 Å². The summed E-state index contributed by atoms with van der Waals surface area (Å²) in [4.78, 5) is 45.7. The highest BCUT2D eigenvalue weighted by molar-refractivity contribution is 7.99. The van der Waals surface area contributed by atoms with Crippen molar-refractivity contribution in [1.82, 2.24) is 20.2 Å². The number of hydrogen-bond acceptors (Lipinski definition) is 6. The Labute approximate surface area is 147 Å². The molecule has 2 aromatic rings. The quantitative estimate of drug-likeness (QED) is 0.794. The number of thiophene rings is 1. The highest BCUT2D eigenvalue weighted by atomic mass is 32.2. The van der Waals surface area contributed by atoms with E-state index in [0.717, 1.165) is 15.3 Å². The van der Waals surface area contributed by atoms with Crippen LogP contribution in [0.1, 0.15) is 16.3 Å². The van der Waals surface area contributed by atoms with Crippen molar-refractivity contribution in [3.8, 4) is 0 Å². The van der Waals surface area contributed by atoms with Crippen molar-refractivity contribution in [2.75, 3.05) is 26.4 Å². The van der Waals surface area contributed by atoms with E-state index in [0.29, 0.717) is 17.0 Å². The standard InChI is InChI=1S/C15H20N4O3S2/c1-8-9(2)24-15-13(8)14(22)17-10(18-15)6-23-7-11(20)16-5-12(21)19(3)4/h5-7H2,1-4H3,(H,16,20)(H,17,18,22). The summed E-state index contributed by atoms with van der Waals surface area (Å²) in [5.41, 5.74) is 0.825. The number of nitrogens with one attached hydrogen (secondary N) is 2. The Morgan fingerprint density at radius 2 is 2.04 bits per heavy atom. The van der Waals surface area contributed by atoms with E-state index in [9.17, 15) is 14.4 Å². The Balaban J connectivity index is 1.91. The Hall–Kier alpha value is -1.87. The van der Waals surface area contributed by atoms with Crippen molar-refractivity contribution in [3.63, 3.8) is 0 Å². The van der Waals surface area contributed by atoms with E-state index in [1.165, 1.54) is 28.0 Å². The molecule has 0 aliphatic carbocycles. The van der Waals surface area contributed by atoms with Gasteiger partial charge in [0.05, 0.1) is 23.4 Å². The Bertz CT molecular complexity index is 826. The predicted molar refractivity (Wildman–Crippen MR) is 97.6 cm³/mol. The first kappa shape index (κ1) is 18.5. The minimum atomic E-state index is -0.221. The summed E-state index contributed by atoms with van der Waals surface area (Å²) in [5.74, 6) is 0.798. The Morgan fingerprint density at radius 1 is 1.33 bits per heavy atom. The average molecular weight is 368 g/mol. The van der Waals surface area contributed by atoms with Crippen LogP contribution in [0.2, 0.25) is 0 Å². The van der Waals surface area contributed by atoms with Gasteiger partial charge in [-0.15, -0.1) is 23.1 Å². The first-order chi connectivity index (χ1) is 11.3. The maximum absolute atomic E-state index is 12.2. The molecule has 0 fully saturated rings. The summed E-state index contributed by atoms with van der Waals surface area (Å²) >= 11 is 2.84. The minimum Gasteiger partial charge on any atom is -0.347 e. The van der Waals surface area contributed by atoms with Crippen LogP contribution in [0.25, 0.3) is 10.2 Å². The monoisotopic (exact) mass is 368 g/mol. The number of aromatic amines is 1. The molecule has 0 aromatic carbocycles. The van der Waals surface area contributed by atoms with Gasteiger partial charge in [0.2, 0.25) is 11.8 Å². The normalized spacial score (nSPS) is 10.8. The van der Waals surface area contributed by atoms with Gasteiger partial charge in [-0.05, 0) is 19.4 Å².